The third kappa shape index (κ3) is 4.01. The highest BCUT2D eigenvalue weighted by Crippen LogP contribution is 2.26. The Kier molecular flexibility index (Phi) is 5.97. The maximum Gasteiger partial charge on any atom is 0.220 e. The summed E-state index contributed by atoms with van der Waals surface area (Å²) in [6.45, 7) is 6.70. The van der Waals surface area contributed by atoms with E-state index in [9.17, 15) is 4.79 Å². The molecule has 1 amide bonds. The van der Waals surface area contributed by atoms with Gasteiger partial charge >= 0.3 is 0 Å². The second kappa shape index (κ2) is 8.42. The average Bonchev–Trinajstić information content (AvgIpc) is 2.95. The molecule has 3 aromatic rings. The fraction of sp³-hybridized carbons (Fsp3) is 0.409. The molecule has 6 nitrogen and oxygen atoms in total. The van der Waals surface area contributed by atoms with E-state index in [-0.39, 0.29) is 5.91 Å². The van der Waals surface area contributed by atoms with Crippen LogP contribution in [-0.2, 0) is 24.7 Å². The molecule has 0 radical (unpaired) electrons. The first kappa shape index (κ1) is 19.9. The highest BCUT2D eigenvalue weighted by Gasteiger charge is 2.16. The summed E-state index contributed by atoms with van der Waals surface area (Å²) in [5, 5.41) is 8.59. The Bertz CT molecular complexity index is 1010. The van der Waals surface area contributed by atoms with Crippen molar-refractivity contribution in [2.24, 2.45) is 7.05 Å². The standard InChI is InChI=1S/C22H28N4O2/c1-14-18(15(2)24-22-21(14)16(3)25-26(22)4)10-11-20(27)23-13-12-17-8-6-7-9-19(17)28-5/h6-9H,10-13H2,1-5H3,(H,23,27). The number of benzene rings is 1. The van der Waals surface area contributed by atoms with E-state index in [1.165, 1.54) is 5.56 Å². The maximum atomic E-state index is 12.3. The van der Waals surface area contributed by atoms with Gasteiger partial charge in [-0.25, -0.2) is 4.98 Å². The van der Waals surface area contributed by atoms with E-state index in [0.29, 0.717) is 19.4 Å². The topological polar surface area (TPSA) is 69.0 Å². The third-order valence-electron chi connectivity index (χ3n) is 5.24. The molecule has 0 aliphatic carbocycles. The molecule has 0 fully saturated rings. The number of amides is 1. The SMILES string of the molecule is COc1ccccc1CCNC(=O)CCc1c(C)nc2c(c(C)nn2C)c1C. The number of carbonyl (C=O) groups excluding carboxylic acids is 1. The Hall–Kier alpha value is -2.89. The highest BCUT2D eigenvalue weighted by molar-refractivity contribution is 5.84. The quantitative estimate of drug-likeness (QED) is 0.683. The summed E-state index contributed by atoms with van der Waals surface area (Å²) in [6.07, 6.45) is 1.87. The lowest BCUT2D eigenvalue weighted by atomic mass is 9.99. The van der Waals surface area contributed by atoms with Crippen molar-refractivity contribution in [3.63, 3.8) is 0 Å². The zero-order chi connectivity index (χ0) is 20.3. The highest BCUT2D eigenvalue weighted by atomic mass is 16.5. The van der Waals surface area contributed by atoms with E-state index in [4.69, 9.17) is 9.72 Å². The van der Waals surface area contributed by atoms with Gasteiger partial charge in [-0.2, -0.15) is 5.10 Å². The summed E-state index contributed by atoms with van der Waals surface area (Å²) in [4.78, 5) is 17.0. The second-order valence-corrected chi connectivity index (χ2v) is 7.12. The summed E-state index contributed by atoms with van der Waals surface area (Å²) >= 11 is 0. The van der Waals surface area contributed by atoms with Crippen LogP contribution in [0.3, 0.4) is 0 Å². The van der Waals surface area contributed by atoms with Crippen molar-refractivity contribution in [1.29, 1.82) is 0 Å². The van der Waals surface area contributed by atoms with Crippen LogP contribution < -0.4 is 10.1 Å². The van der Waals surface area contributed by atoms with Gasteiger partial charge in [0.15, 0.2) is 5.65 Å². The molecule has 1 aromatic carbocycles. The number of methoxy groups -OCH3 is 1. The molecule has 0 spiro atoms. The van der Waals surface area contributed by atoms with Gasteiger partial charge in [0.05, 0.1) is 12.8 Å². The number of para-hydroxylation sites is 1. The second-order valence-electron chi connectivity index (χ2n) is 7.12. The van der Waals surface area contributed by atoms with E-state index in [1.807, 2.05) is 49.8 Å². The van der Waals surface area contributed by atoms with Crippen molar-refractivity contribution >= 4 is 16.9 Å². The number of ether oxygens (including phenoxy) is 1. The largest absolute Gasteiger partial charge is 0.496 e. The van der Waals surface area contributed by atoms with Crippen molar-refractivity contribution in [3.8, 4) is 5.75 Å². The maximum absolute atomic E-state index is 12.3. The number of pyridine rings is 1. The van der Waals surface area contributed by atoms with Crippen molar-refractivity contribution in [2.75, 3.05) is 13.7 Å². The van der Waals surface area contributed by atoms with Gasteiger partial charge < -0.3 is 10.1 Å². The van der Waals surface area contributed by atoms with E-state index >= 15 is 0 Å². The van der Waals surface area contributed by atoms with Gasteiger partial charge in [-0.15, -0.1) is 0 Å². The Balaban J connectivity index is 1.61. The van der Waals surface area contributed by atoms with Gasteiger partial charge in [-0.05, 0) is 56.4 Å². The number of hydrogen-bond donors (Lipinski definition) is 1. The zero-order valence-electron chi connectivity index (χ0n) is 17.3. The van der Waals surface area contributed by atoms with Crippen molar-refractivity contribution in [3.05, 3.63) is 52.3 Å². The van der Waals surface area contributed by atoms with E-state index in [2.05, 4.69) is 17.3 Å². The summed E-state index contributed by atoms with van der Waals surface area (Å²) in [5.41, 5.74) is 6.26. The van der Waals surface area contributed by atoms with E-state index in [1.54, 1.807) is 7.11 Å². The van der Waals surface area contributed by atoms with Crippen molar-refractivity contribution in [1.82, 2.24) is 20.1 Å². The Morgan fingerprint density at radius 1 is 1.14 bits per heavy atom. The molecule has 6 heteroatoms. The molecule has 0 unspecified atom stereocenters. The number of fused-ring (bicyclic) bond motifs is 1. The fourth-order valence-corrected chi connectivity index (χ4v) is 3.80. The number of carbonyl (C=O) groups is 1. The smallest absolute Gasteiger partial charge is 0.220 e. The van der Waals surface area contributed by atoms with Crippen LogP contribution in [0.25, 0.3) is 11.0 Å². The normalized spacial score (nSPS) is 11.0. The van der Waals surface area contributed by atoms with Crippen LogP contribution in [0, 0.1) is 20.8 Å². The molecular weight excluding hydrogens is 352 g/mol. The summed E-state index contributed by atoms with van der Waals surface area (Å²) in [5.74, 6) is 0.908. The minimum Gasteiger partial charge on any atom is -0.496 e. The third-order valence-corrected chi connectivity index (χ3v) is 5.24. The Morgan fingerprint density at radius 2 is 1.89 bits per heavy atom. The van der Waals surface area contributed by atoms with Gasteiger partial charge in [0.1, 0.15) is 5.75 Å². The van der Waals surface area contributed by atoms with E-state index < -0.39 is 0 Å². The molecule has 1 N–H and O–H groups in total. The lowest BCUT2D eigenvalue weighted by Crippen LogP contribution is -2.26. The predicted molar refractivity (Wildman–Crippen MR) is 111 cm³/mol. The van der Waals surface area contributed by atoms with Crippen LogP contribution >= 0.6 is 0 Å². The lowest BCUT2D eigenvalue weighted by Gasteiger charge is -2.12. The van der Waals surface area contributed by atoms with Crippen molar-refractivity contribution < 1.29 is 9.53 Å². The number of hydrogen-bond acceptors (Lipinski definition) is 4. The lowest BCUT2D eigenvalue weighted by molar-refractivity contribution is -0.121. The number of nitrogens with zero attached hydrogens (tertiary/aromatic N) is 3. The molecule has 0 saturated carbocycles. The molecule has 3 rings (SSSR count). The fourth-order valence-electron chi connectivity index (χ4n) is 3.80. The van der Waals surface area contributed by atoms with Crippen LogP contribution in [0.5, 0.6) is 5.75 Å². The number of rotatable bonds is 7. The van der Waals surface area contributed by atoms with Crippen LogP contribution in [0.2, 0.25) is 0 Å². The minimum atomic E-state index is 0.0525. The molecule has 0 saturated heterocycles. The van der Waals surface area contributed by atoms with Crippen LogP contribution in [0.4, 0.5) is 0 Å². The summed E-state index contributed by atoms with van der Waals surface area (Å²) in [7, 11) is 3.58. The van der Waals surface area contributed by atoms with Crippen molar-refractivity contribution in [2.45, 2.75) is 40.0 Å². The molecule has 0 bridgehead atoms. The van der Waals surface area contributed by atoms with Gasteiger partial charge in [-0.3, -0.25) is 9.48 Å². The Morgan fingerprint density at radius 3 is 2.64 bits per heavy atom. The van der Waals surface area contributed by atoms with E-state index in [0.717, 1.165) is 45.7 Å². The van der Waals surface area contributed by atoms with Crippen LogP contribution in [0.1, 0.15) is 34.5 Å². The van der Waals surface area contributed by atoms with Gasteiger partial charge in [-0.1, -0.05) is 18.2 Å². The molecular formula is C22H28N4O2. The molecule has 0 aliphatic rings. The van der Waals surface area contributed by atoms with Crippen LogP contribution in [0.15, 0.2) is 24.3 Å². The first-order chi connectivity index (χ1) is 13.4. The number of nitrogens with one attached hydrogen (secondary N) is 1. The van der Waals surface area contributed by atoms with Gasteiger partial charge in [0, 0.05) is 31.1 Å². The summed E-state index contributed by atoms with van der Waals surface area (Å²) < 4.78 is 7.17. The minimum absolute atomic E-state index is 0.0525. The summed E-state index contributed by atoms with van der Waals surface area (Å²) in [6, 6.07) is 7.89. The first-order valence-corrected chi connectivity index (χ1v) is 9.60. The van der Waals surface area contributed by atoms with Crippen LogP contribution in [-0.4, -0.2) is 34.3 Å². The Labute approximate surface area is 165 Å². The first-order valence-electron chi connectivity index (χ1n) is 9.60. The average molecular weight is 380 g/mol. The molecule has 0 atom stereocenters. The number of aromatic nitrogens is 3. The molecule has 2 heterocycles. The van der Waals surface area contributed by atoms with Gasteiger partial charge in [0.25, 0.3) is 0 Å². The number of aryl methyl sites for hydroxylation is 4. The molecule has 2 aromatic heterocycles. The monoisotopic (exact) mass is 380 g/mol. The molecule has 148 valence electrons. The predicted octanol–water partition coefficient (Wildman–Crippen LogP) is 3.19. The van der Waals surface area contributed by atoms with Gasteiger partial charge in [0.2, 0.25) is 5.91 Å². The zero-order valence-corrected chi connectivity index (χ0v) is 17.3. The molecule has 28 heavy (non-hydrogen) atoms. The molecule has 0 aliphatic heterocycles.